The molecule has 0 radical (unpaired) electrons. The number of methoxy groups -OCH3 is 1. The quantitative estimate of drug-likeness (QED) is 0.603. The van der Waals surface area contributed by atoms with Gasteiger partial charge in [-0.25, -0.2) is 9.78 Å². The van der Waals surface area contributed by atoms with E-state index in [4.69, 9.17) is 16.9 Å². The Morgan fingerprint density at radius 1 is 1.71 bits per heavy atom. The van der Waals surface area contributed by atoms with Crippen molar-refractivity contribution in [2.75, 3.05) is 7.11 Å². The zero-order chi connectivity index (χ0) is 12.4. The second-order valence-corrected chi connectivity index (χ2v) is 3.71. The molecule has 86 valence electrons. The van der Waals surface area contributed by atoms with Crippen molar-refractivity contribution in [1.82, 2.24) is 9.55 Å². The normalized spacial score (nSPS) is 10.2. The molecule has 0 saturated carbocycles. The van der Waals surface area contributed by atoms with Crippen LogP contribution in [0.1, 0.15) is 10.4 Å². The molecule has 2 aromatic rings. The largest absolute Gasteiger partial charge is 0.465 e. The van der Waals surface area contributed by atoms with Gasteiger partial charge in [-0.2, -0.15) is 5.26 Å². The average molecular weight is 250 g/mol. The van der Waals surface area contributed by atoms with Crippen molar-refractivity contribution in [3.8, 4) is 6.07 Å². The minimum Gasteiger partial charge on any atom is -0.465 e. The van der Waals surface area contributed by atoms with Gasteiger partial charge >= 0.3 is 5.97 Å². The summed E-state index contributed by atoms with van der Waals surface area (Å²) in [6.45, 7) is 0.150. The summed E-state index contributed by atoms with van der Waals surface area (Å²) in [4.78, 5) is 15.7. The molecule has 0 aromatic carbocycles. The fraction of sp³-hybridized carbons (Fsp3) is 0.182. The van der Waals surface area contributed by atoms with Crippen molar-refractivity contribution in [2.24, 2.45) is 0 Å². The number of pyridine rings is 1. The summed E-state index contributed by atoms with van der Waals surface area (Å²) in [5.74, 6) is -0.478. The second kappa shape index (κ2) is 4.44. The van der Waals surface area contributed by atoms with Crippen LogP contribution in [0.4, 0.5) is 0 Å². The highest BCUT2D eigenvalue weighted by Gasteiger charge is 2.15. The van der Waals surface area contributed by atoms with E-state index in [0.29, 0.717) is 16.6 Å². The number of esters is 1. The lowest BCUT2D eigenvalue weighted by molar-refractivity contribution is 0.0603. The number of nitrogens with zero attached hydrogens (tertiary/aromatic N) is 3. The summed E-state index contributed by atoms with van der Waals surface area (Å²) in [6.07, 6.45) is 1.68. The number of hydrogen-bond acceptors (Lipinski definition) is 4. The highest BCUT2D eigenvalue weighted by Crippen LogP contribution is 2.22. The van der Waals surface area contributed by atoms with Crippen LogP contribution in [0.5, 0.6) is 0 Å². The Morgan fingerprint density at radius 3 is 3.12 bits per heavy atom. The van der Waals surface area contributed by atoms with Crippen molar-refractivity contribution >= 4 is 28.6 Å². The maximum atomic E-state index is 11.6. The van der Waals surface area contributed by atoms with Crippen molar-refractivity contribution in [3.05, 3.63) is 29.0 Å². The molecule has 0 atom stereocenters. The van der Waals surface area contributed by atoms with Crippen molar-refractivity contribution in [2.45, 2.75) is 6.54 Å². The summed E-state index contributed by atoms with van der Waals surface area (Å²) in [6, 6.07) is 5.17. The Bertz CT molecular complexity index is 627. The van der Waals surface area contributed by atoms with Gasteiger partial charge in [-0.1, -0.05) is 11.6 Å². The molecule has 0 N–H and O–H groups in total. The van der Waals surface area contributed by atoms with E-state index in [9.17, 15) is 4.79 Å². The summed E-state index contributed by atoms with van der Waals surface area (Å²) in [5.41, 5.74) is 0.846. The van der Waals surface area contributed by atoms with Gasteiger partial charge in [0.2, 0.25) is 0 Å². The van der Waals surface area contributed by atoms with Gasteiger partial charge in [0.1, 0.15) is 17.3 Å². The topological polar surface area (TPSA) is 67.9 Å². The second-order valence-electron chi connectivity index (χ2n) is 3.32. The molecule has 17 heavy (non-hydrogen) atoms. The lowest BCUT2D eigenvalue weighted by Gasteiger charge is -2.03. The van der Waals surface area contributed by atoms with Gasteiger partial charge in [-0.3, -0.25) is 0 Å². The summed E-state index contributed by atoms with van der Waals surface area (Å²) < 4.78 is 6.29. The number of rotatable bonds is 2. The van der Waals surface area contributed by atoms with Crippen molar-refractivity contribution in [3.63, 3.8) is 0 Å². The van der Waals surface area contributed by atoms with E-state index in [1.807, 2.05) is 6.07 Å². The van der Waals surface area contributed by atoms with E-state index in [1.54, 1.807) is 16.8 Å². The molecule has 0 unspecified atom stereocenters. The van der Waals surface area contributed by atoms with Crippen LogP contribution < -0.4 is 0 Å². The molecular weight excluding hydrogens is 242 g/mol. The van der Waals surface area contributed by atoms with Gasteiger partial charge in [-0.05, 0) is 12.1 Å². The molecule has 0 saturated heterocycles. The van der Waals surface area contributed by atoms with E-state index >= 15 is 0 Å². The molecule has 2 rings (SSSR count). The third-order valence-corrected chi connectivity index (χ3v) is 2.54. The zero-order valence-electron chi connectivity index (χ0n) is 8.98. The van der Waals surface area contributed by atoms with Crippen LogP contribution in [0.3, 0.4) is 0 Å². The van der Waals surface area contributed by atoms with Crippen LogP contribution in [0.2, 0.25) is 5.15 Å². The van der Waals surface area contributed by atoms with Gasteiger partial charge in [0.15, 0.2) is 0 Å². The number of carbonyl (C=O) groups is 1. The minimum atomic E-state index is -0.478. The Labute approximate surface area is 102 Å². The van der Waals surface area contributed by atoms with Crippen LogP contribution in [-0.4, -0.2) is 22.6 Å². The third kappa shape index (κ3) is 1.95. The number of nitriles is 1. The molecule has 0 aliphatic carbocycles. The Balaban J connectivity index is 2.70. The van der Waals surface area contributed by atoms with Crippen LogP contribution in [0, 0.1) is 11.3 Å². The summed E-state index contributed by atoms with van der Waals surface area (Å²) in [7, 11) is 1.30. The number of halogens is 1. The van der Waals surface area contributed by atoms with Gasteiger partial charge < -0.3 is 9.30 Å². The van der Waals surface area contributed by atoms with E-state index in [-0.39, 0.29) is 11.7 Å². The molecule has 0 fully saturated rings. The number of fused-ring (bicyclic) bond motifs is 1. The first-order valence-corrected chi connectivity index (χ1v) is 5.16. The van der Waals surface area contributed by atoms with Gasteiger partial charge in [0.25, 0.3) is 0 Å². The summed E-state index contributed by atoms with van der Waals surface area (Å²) >= 11 is 5.84. The standard InChI is InChI=1S/C11H8ClN3O2/c1-17-11(16)8-6-9(12)14-10-7(8)2-4-15(10)5-3-13/h2,4,6H,5H2,1H3. The zero-order valence-corrected chi connectivity index (χ0v) is 9.73. The van der Waals surface area contributed by atoms with E-state index in [1.165, 1.54) is 13.2 Å². The average Bonchev–Trinajstić information content (AvgIpc) is 2.71. The number of aromatic nitrogens is 2. The lowest BCUT2D eigenvalue weighted by atomic mass is 10.2. The molecule has 2 heterocycles. The summed E-state index contributed by atoms with van der Waals surface area (Å²) in [5, 5.41) is 9.48. The Kier molecular flexibility index (Phi) is 2.98. The van der Waals surface area contributed by atoms with E-state index < -0.39 is 5.97 Å². The van der Waals surface area contributed by atoms with Crippen LogP contribution >= 0.6 is 11.6 Å². The van der Waals surface area contributed by atoms with E-state index in [0.717, 1.165) is 0 Å². The number of hydrogen-bond donors (Lipinski definition) is 0. The predicted molar refractivity (Wildman–Crippen MR) is 61.7 cm³/mol. The molecule has 0 aliphatic heterocycles. The Morgan fingerprint density at radius 2 is 2.47 bits per heavy atom. The van der Waals surface area contributed by atoms with Crippen LogP contribution in [-0.2, 0) is 11.3 Å². The fourth-order valence-electron chi connectivity index (χ4n) is 1.61. The molecule has 0 aliphatic rings. The van der Waals surface area contributed by atoms with Gasteiger partial charge in [0, 0.05) is 11.6 Å². The molecule has 5 nitrogen and oxygen atoms in total. The lowest BCUT2D eigenvalue weighted by Crippen LogP contribution is -2.03. The molecular formula is C11H8ClN3O2. The predicted octanol–water partition coefficient (Wildman–Crippen LogP) is 2.00. The SMILES string of the molecule is COC(=O)c1cc(Cl)nc2c1ccn2CC#N. The van der Waals surface area contributed by atoms with Gasteiger partial charge in [-0.15, -0.1) is 0 Å². The fourth-order valence-corrected chi connectivity index (χ4v) is 1.80. The number of ether oxygens (including phenoxy) is 1. The highest BCUT2D eigenvalue weighted by atomic mass is 35.5. The molecule has 2 aromatic heterocycles. The maximum Gasteiger partial charge on any atom is 0.338 e. The minimum absolute atomic E-state index is 0.150. The van der Waals surface area contributed by atoms with Crippen LogP contribution in [0.25, 0.3) is 11.0 Å². The highest BCUT2D eigenvalue weighted by molar-refractivity contribution is 6.30. The first-order valence-electron chi connectivity index (χ1n) is 4.78. The maximum absolute atomic E-state index is 11.6. The van der Waals surface area contributed by atoms with Crippen molar-refractivity contribution < 1.29 is 9.53 Å². The first-order chi connectivity index (χ1) is 8.17. The Hall–Kier alpha value is -2.06. The van der Waals surface area contributed by atoms with Crippen molar-refractivity contribution in [1.29, 1.82) is 5.26 Å². The molecule has 0 amide bonds. The molecule has 0 bridgehead atoms. The third-order valence-electron chi connectivity index (χ3n) is 2.35. The number of carbonyl (C=O) groups excluding carboxylic acids is 1. The van der Waals surface area contributed by atoms with Gasteiger partial charge in [0.05, 0.1) is 18.7 Å². The smallest absolute Gasteiger partial charge is 0.338 e. The van der Waals surface area contributed by atoms with Crippen LogP contribution in [0.15, 0.2) is 18.3 Å². The molecule has 0 spiro atoms. The molecule has 6 heteroatoms. The monoisotopic (exact) mass is 249 g/mol. The van der Waals surface area contributed by atoms with E-state index in [2.05, 4.69) is 9.72 Å². The first kappa shape index (κ1) is 11.4.